The van der Waals surface area contributed by atoms with Crippen molar-refractivity contribution in [2.75, 3.05) is 5.32 Å². The van der Waals surface area contributed by atoms with Crippen molar-refractivity contribution in [3.05, 3.63) is 60.9 Å². The highest BCUT2D eigenvalue weighted by molar-refractivity contribution is 5.99. The molecule has 1 amide bonds. The van der Waals surface area contributed by atoms with Gasteiger partial charge in [-0.15, -0.1) is 0 Å². The predicted molar refractivity (Wildman–Crippen MR) is 78.2 cm³/mol. The van der Waals surface area contributed by atoms with E-state index in [4.69, 9.17) is 4.42 Å². The van der Waals surface area contributed by atoms with Crippen molar-refractivity contribution >= 4 is 22.7 Å². The third-order valence-electron chi connectivity index (χ3n) is 2.93. The second kappa shape index (κ2) is 5.20. The van der Waals surface area contributed by atoms with E-state index < -0.39 is 0 Å². The van der Waals surface area contributed by atoms with Crippen LogP contribution in [-0.2, 0) is 4.79 Å². The second-order valence-electron chi connectivity index (χ2n) is 4.40. The van der Waals surface area contributed by atoms with E-state index >= 15 is 0 Å². The summed E-state index contributed by atoms with van der Waals surface area (Å²) in [6.45, 7) is 3.39. The quantitative estimate of drug-likeness (QED) is 0.744. The summed E-state index contributed by atoms with van der Waals surface area (Å²) in [5, 5.41) is 2.65. The van der Waals surface area contributed by atoms with Crippen molar-refractivity contribution in [1.82, 2.24) is 4.98 Å². The molecule has 4 nitrogen and oxygen atoms in total. The molecule has 2 aromatic carbocycles. The number of nitrogens with one attached hydrogen (secondary N) is 1. The number of amides is 1. The molecule has 0 radical (unpaired) electrons. The van der Waals surface area contributed by atoms with Crippen molar-refractivity contribution in [1.29, 1.82) is 0 Å². The number of anilines is 1. The summed E-state index contributed by atoms with van der Waals surface area (Å²) in [4.78, 5) is 15.6. The summed E-state index contributed by atoms with van der Waals surface area (Å²) in [5.74, 6) is -0.210. The van der Waals surface area contributed by atoms with Gasteiger partial charge in [0.15, 0.2) is 5.58 Å². The molecular formula is C16H11FN2O2. The Morgan fingerprint density at radius 2 is 2.00 bits per heavy atom. The van der Waals surface area contributed by atoms with E-state index in [2.05, 4.69) is 16.9 Å². The second-order valence-corrected chi connectivity index (χ2v) is 4.40. The average Bonchev–Trinajstić information content (AvgIpc) is 2.91. The standard InChI is InChI=1S/C16H11FN2O2/c1-2-15(20)18-12-7-8-14-13(9-12)19-16(21-14)10-3-5-11(17)6-4-10/h2-9H,1H2,(H,18,20). The third-order valence-corrected chi connectivity index (χ3v) is 2.93. The van der Waals surface area contributed by atoms with Gasteiger partial charge in [-0.3, -0.25) is 4.79 Å². The Hall–Kier alpha value is -2.95. The molecule has 1 aromatic heterocycles. The molecule has 0 aliphatic rings. The van der Waals surface area contributed by atoms with Crippen LogP contribution in [-0.4, -0.2) is 10.9 Å². The molecule has 104 valence electrons. The first kappa shape index (κ1) is 13.1. The van der Waals surface area contributed by atoms with E-state index in [0.29, 0.717) is 28.2 Å². The molecule has 21 heavy (non-hydrogen) atoms. The van der Waals surface area contributed by atoms with Gasteiger partial charge in [0.05, 0.1) is 0 Å². The van der Waals surface area contributed by atoms with Crippen LogP contribution in [0.4, 0.5) is 10.1 Å². The van der Waals surface area contributed by atoms with Crippen LogP contribution >= 0.6 is 0 Å². The lowest BCUT2D eigenvalue weighted by Gasteiger charge is -2.00. The Labute approximate surface area is 119 Å². The summed E-state index contributed by atoms with van der Waals surface area (Å²) in [7, 11) is 0. The summed E-state index contributed by atoms with van der Waals surface area (Å²) in [6.07, 6.45) is 1.19. The molecule has 0 spiro atoms. The number of carbonyl (C=O) groups excluding carboxylic acids is 1. The number of hydrogen-bond acceptors (Lipinski definition) is 3. The molecule has 0 aliphatic carbocycles. The number of carbonyl (C=O) groups is 1. The molecule has 3 rings (SSSR count). The van der Waals surface area contributed by atoms with E-state index in [0.717, 1.165) is 0 Å². The highest BCUT2D eigenvalue weighted by atomic mass is 19.1. The number of oxazole rings is 1. The van der Waals surface area contributed by atoms with Crippen LogP contribution in [0.3, 0.4) is 0 Å². The lowest BCUT2D eigenvalue weighted by Crippen LogP contribution is -2.06. The fraction of sp³-hybridized carbons (Fsp3) is 0. The first-order valence-electron chi connectivity index (χ1n) is 6.25. The minimum atomic E-state index is -0.315. The third kappa shape index (κ3) is 2.67. The first-order valence-corrected chi connectivity index (χ1v) is 6.25. The SMILES string of the molecule is C=CC(=O)Nc1ccc2oc(-c3ccc(F)cc3)nc2c1. The zero-order valence-electron chi connectivity index (χ0n) is 11.0. The maximum Gasteiger partial charge on any atom is 0.247 e. The number of fused-ring (bicyclic) bond motifs is 1. The smallest absolute Gasteiger partial charge is 0.247 e. The molecule has 5 heteroatoms. The predicted octanol–water partition coefficient (Wildman–Crippen LogP) is 3.76. The van der Waals surface area contributed by atoms with Crippen LogP contribution in [0, 0.1) is 5.82 Å². The lowest BCUT2D eigenvalue weighted by atomic mass is 10.2. The van der Waals surface area contributed by atoms with Crippen LogP contribution in [0.1, 0.15) is 0 Å². The Balaban J connectivity index is 1.98. The number of benzene rings is 2. The van der Waals surface area contributed by atoms with E-state index in [9.17, 15) is 9.18 Å². The highest BCUT2D eigenvalue weighted by Crippen LogP contribution is 2.26. The molecule has 1 heterocycles. The van der Waals surface area contributed by atoms with E-state index in [1.165, 1.54) is 18.2 Å². The van der Waals surface area contributed by atoms with Gasteiger partial charge in [0.25, 0.3) is 0 Å². The monoisotopic (exact) mass is 282 g/mol. The summed E-state index contributed by atoms with van der Waals surface area (Å²) in [6, 6.07) is 11.0. The molecule has 0 saturated carbocycles. The summed E-state index contributed by atoms with van der Waals surface area (Å²) >= 11 is 0. The number of rotatable bonds is 3. The minimum absolute atomic E-state index is 0.295. The molecule has 0 atom stereocenters. The van der Waals surface area contributed by atoms with Gasteiger partial charge in [0.1, 0.15) is 11.3 Å². The number of aromatic nitrogens is 1. The van der Waals surface area contributed by atoms with Crippen molar-refractivity contribution in [2.24, 2.45) is 0 Å². The Kier molecular flexibility index (Phi) is 3.23. The van der Waals surface area contributed by atoms with Crippen LogP contribution < -0.4 is 5.32 Å². The van der Waals surface area contributed by atoms with Gasteiger partial charge < -0.3 is 9.73 Å². The minimum Gasteiger partial charge on any atom is -0.436 e. The normalized spacial score (nSPS) is 10.5. The van der Waals surface area contributed by atoms with Gasteiger partial charge in [-0.05, 0) is 48.5 Å². The molecule has 0 unspecified atom stereocenters. The van der Waals surface area contributed by atoms with Gasteiger partial charge in [-0.25, -0.2) is 9.37 Å². The zero-order valence-corrected chi connectivity index (χ0v) is 11.0. The van der Waals surface area contributed by atoms with Crippen molar-refractivity contribution in [2.45, 2.75) is 0 Å². The van der Waals surface area contributed by atoms with Crippen molar-refractivity contribution in [3.63, 3.8) is 0 Å². The Morgan fingerprint density at radius 1 is 1.24 bits per heavy atom. The van der Waals surface area contributed by atoms with Crippen LogP contribution in [0.2, 0.25) is 0 Å². The molecule has 1 N–H and O–H groups in total. The van der Waals surface area contributed by atoms with Crippen LogP contribution in [0.25, 0.3) is 22.6 Å². The number of halogens is 1. The van der Waals surface area contributed by atoms with Gasteiger partial charge in [0.2, 0.25) is 11.8 Å². The van der Waals surface area contributed by atoms with Gasteiger partial charge in [-0.2, -0.15) is 0 Å². The number of hydrogen-bond donors (Lipinski definition) is 1. The van der Waals surface area contributed by atoms with Crippen LogP contribution in [0.5, 0.6) is 0 Å². The van der Waals surface area contributed by atoms with Crippen molar-refractivity contribution < 1.29 is 13.6 Å². The van der Waals surface area contributed by atoms with Crippen LogP contribution in [0.15, 0.2) is 59.5 Å². The Morgan fingerprint density at radius 3 is 2.71 bits per heavy atom. The van der Waals surface area contributed by atoms with E-state index in [1.807, 2.05) is 0 Å². The topological polar surface area (TPSA) is 55.1 Å². The fourth-order valence-electron chi connectivity index (χ4n) is 1.91. The number of nitrogens with zero attached hydrogens (tertiary/aromatic N) is 1. The van der Waals surface area contributed by atoms with E-state index in [-0.39, 0.29) is 11.7 Å². The van der Waals surface area contributed by atoms with E-state index in [1.54, 1.807) is 30.3 Å². The average molecular weight is 282 g/mol. The summed E-state index contributed by atoms with van der Waals surface area (Å²) in [5.41, 5.74) is 2.48. The zero-order chi connectivity index (χ0) is 14.8. The molecule has 0 aliphatic heterocycles. The highest BCUT2D eigenvalue weighted by Gasteiger charge is 2.09. The van der Waals surface area contributed by atoms with Crippen molar-refractivity contribution in [3.8, 4) is 11.5 Å². The maximum atomic E-state index is 12.9. The fourth-order valence-corrected chi connectivity index (χ4v) is 1.91. The molecule has 0 fully saturated rings. The van der Waals surface area contributed by atoms with Gasteiger partial charge in [0, 0.05) is 11.3 Å². The largest absolute Gasteiger partial charge is 0.436 e. The Bertz CT molecular complexity index is 822. The lowest BCUT2D eigenvalue weighted by molar-refractivity contribution is -0.111. The maximum absolute atomic E-state index is 12.9. The summed E-state index contributed by atoms with van der Waals surface area (Å²) < 4.78 is 18.5. The molecule has 0 saturated heterocycles. The first-order chi connectivity index (χ1) is 10.2. The van der Waals surface area contributed by atoms with Gasteiger partial charge in [-0.1, -0.05) is 6.58 Å². The van der Waals surface area contributed by atoms with Gasteiger partial charge >= 0.3 is 0 Å². The molecule has 0 bridgehead atoms. The molecular weight excluding hydrogens is 271 g/mol. The molecule has 3 aromatic rings.